The van der Waals surface area contributed by atoms with Crippen LogP contribution in [0.2, 0.25) is 0 Å². The van der Waals surface area contributed by atoms with Crippen LogP contribution in [0.15, 0.2) is 18.2 Å². The molecule has 0 radical (unpaired) electrons. The van der Waals surface area contributed by atoms with E-state index in [-0.39, 0.29) is 24.1 Å². The maximum Gasteiger partial charge on any atom is 0.254 e. The van der Waals surface area contributed by atoms with Crippen LogP contribution in [0.4, 0.5) is 8.78 Å². The van der Waals surface area contributed by atoms with Gasteiger partial charge in [0.15, 0.2) is 0 Å². The summed E-state index contributed by atoms with van der Waals surface area (Å²) in [5.41, 5.74) is -0.198. The lowest BCUT2D eigenvalue weighted by atomic mass is 10.2. The van der Waals surface area contributed by atoms with Crippen molar-refractivity contribution in [3.8, 4) is 0 Å². The lowest BCUT2D eigenvalue weighted by molar-refractivity contribution is -0.132. The summed E-state index contributed by atoms with van der Waals surface area (Å²) < 4.78 is 26.3. The number of nitrogens with one attached hydrogen (secondary N) is 2. The quantitative estimate of drug-likeness (QED) is 0.743. The molecule has 1 aromatic carbocycles. The number of likely N-dealkylation sites (N-methyl/N-ethyl adjacent to an activating group) is 1. The smallest absolute Gasteiger partial charge is 0.254 e. The molecular formula is C17H23F2N3O2. The highest BCUT2D eigenvalue weighted by Gasteiger charge is 2.27. The standard InChI is InChI=1S/C17H23F2N3O2/c1-20-11-13-4-3-9-22(13)16(23)5-2-8-21-17(24)14-7-6-12(18)10-15(14)19/h6-7,10,13,20H,2-5,8-9,11H2,1H3,(H,21,24). The molecule has 2 N–H and O–H groups in total. The van der Waals surface area contributed by atoms with Gasteiger partial charge in [0, 0.05) is 38.2 Å². The molecule has 1 aliphatic heterocycles. The molecule has 1 atom stereocenters. The lowest BCUT2D eigenvalue weighted by Gasteiger charge is -2.24. The molecule has 1 unspecified atom stereocenters. The molecule has 132 valence electrons. The third kappa shape index (κ3) is 4.74. The van der Waals surface area contributed by atoms with E-state index < -0.39 is 17.5 Å². The molecular weight excluding hydrogens is 316 g/mol. The van der Waals surface area contributed by atoms with Crippen LogP contribution in [-0.2, 0) is 4.79 Å². The van der Waals surface area contributed by atoms with Gasteiger partial charge in [0.25, 0.3) is 5.91 Å². The Labute approximate surface area is 140 Å². The molecule has 0 aromatic heterocycles. The summed E-state index contributed by atoms with van der Waals surface area (Å²) in [6.45, 7) is 1.83. The van der Waals surface area contributed by atoms with Crippen molar-refractivity contribution in [2.75, 3.05) is 26.7 Å². The zero-order chi connectivity index (χ0) is 17.5. The van der Waals surface area contributed by atoms with Gasteiger partial charge in [-0.1, -0.05) is 0 Å². The van der Waals surface area contributed by atoms with Crippen molar-refractivity contribution in [2.24, 2.45) is 0 Å². The molecule has 0 spiro atoms. The minimum atomic E-state index is -0.893. The summed E-state index contributed by atoms with van der Waals surface area (Å²) in [5, 5.41) is 5.65. The van der Waals surface area contributed by atoms with Crippen molar-refractivity contribution in [3.05, 3.63) is 35.4 Å². The molecule has 7 heteroatoms. The second-order valence-electron chi connectivity index (χ2n) is 5.92. The van der Waals surface area contributed by atoms with Gasteiger partial charge < -0.3 is 15.5 Å². The van der Waals surface area contributed by atoms with Crippen LogP contribution in [0.5, 0.6) is 0 Å². The number of benzene rings is 1. The number of hydrogen-bond donors (Lipinski definition) is 2. The highest BCUT2D eigenvalue weighted by molar-refractivity contribution is 5.94. The molecule has 1 aliphatic rings. The second-order valence-corrected chi connectivity index (χ2v) is 5.92. The first-order chi connectivity index (χ1) is 11.5. The summed E-state index contributed by atoms with van der Waals surface area (Å²) in [7, 11) is 1.87. The Balaban J connectivity index is 1.74. The van der Waals surface area contributed by atoms with E-state index >= 15 is 0 Å². The molecule has 2 rings (SSSR count). The van der Waals surface area contributed by atoms with Crippen LogP contribution in [0.3, 0.4) is 0 Å². The van der Waals surface area contributed by atoms with E-state index in [1.54, 1.807) is 0 Å². The zero-order valence-electron chi connectivity index (χ0n) is 13.8. The predicted molar refractivity (Wildman–Crippen MR) is 86.6 cm³/mol. The number of halogens is 2. The highest BCUT2D eigenvalue weighted by Crippen LogP contribution is 2.18. The molecule has 0 saturated carbocycles. The normalized spacial score (nSPS) is 17.1. The van der Waals surface area contributed by atoms with Gasteiger partial charge >= 0.3 is 0 Å². The van der Waals surface area contributed by atoms with Crippen molar-refractivity contribution in [3.63, 3.8) is 0 Å². The van der Waals surface area contributed by atoms with Crippen molar-refractivity contribution in [1.29, 1.82) is 0 Å². The summed E-state index contributed by atoms with van der Waals surface area (Å²) >= 11 is 0. The Morgan fingerprint density at radius 3 is 2.83 bits per heavy atom. The Hall–Kier alpha value is -2.02. The summed E-state index contributed by atoms with van der Waals surface area (Å²) in [5.74, 6) is -2.14. The third-order valence-electron chi connectivity index (χ3n) is 4.17. The average Bonchev–Trinajstić information content (AvgIpc) is 3.00. The van der Waals surface area contributed by atoms with Gasteiger partial charge in [0.05, 0.1) is 5.56 Å². The van der Waals surface area contributed by atoms with Crippen LogP contribution in [0.25, 0.3) is 0 Å². The molecule has 24 heavy (non-hydrogen) atoms. The van der Waals surface area contributed by atoms with Gasteiger partial charge in [-0.3, -0.25) is 9.59 Å². The summed E-state index contributed by atoms with van der Waals surface area (Å²) in [6, 6.07) is 3.06. The maximum absolute atomic E-state index is 13.5. The first kappa shape index (κ1) is 18.3. The van der Waals surface area contributed by atoms with Crippen LogP contribution in [-0.4, -0.2) is 49.4 Å². The average molecular weight is 339 g/mol. The maximum atomic E-state index is 13.5. The fourth-order valence-electron chi connectivity index (χ4n) is 2.97. The Bertz CT molecular complexity index is 595. The van der Waals surface area contributed by atoms with Gasteiger partial charge in [-0.2, -0.15) is 0 Å². The number of nitrogens with zero attached hydrogens (tertiary/aromatic N) is 1. The Kier molecular flexibility index (Phi) is 6.66. The molecule has 0 aliphatic carbocycles. The van der Waals surface area contributed by atoms with Crippen molar-refractivity contribution >= 4 is 11.8 Å². The van der Waals surface area contributed by atoms with Gasteiger partial charge in [-0.15, -0.1) is 0 Å². The first-order valence-electron chi connectivity index (χ1n) is 8.20. The number of carbonyl (C=O) groups is 2. The van der Waals surface area contributed by atoms with E-state index in [0.717, 1.165) is 38.1 Å². The number of amides is 2. The monoisotopic (exact) mass is 339 g/mol. The van der Waals surface area contributed by atoms with Gasteiger partial charge in [-0.05, 0) is 38.4 Å². The van der Waals surface area contributed by atoms with E-state index in [1.807, 2.05) is 11.9 Å². The van der Waals surface area contributed by atoms with Crippen LogP contribution >= 0.6 is 0 Å². The fourth-order valence-corrected chi connectivity index (χ4v) is 2.97. The molecule has 5 nitrogen and oxygen atoms in total. The van der Waals surface area contributed by atoms with Crippen molar-refractivity contribution in [2.45, 2.75) is 31.7 Å². The van der Waals surface area contributed by atoms with Crippen LogP contribution < -0.4 is 10.6 Å². The first-order valence-corrected chi connectivity index (χ1v) is 8.20. The third-order valence-corrected chi connectivity index (χ3v) is 4.17. The molecule has 2 amide bonds. The summed E-state index contributed by atoms with van der Waals surface area (Å²) in [4.78, 5) is 25.9. The topological polar surface area (TPSA) is 61.4 Å². The molecule has 1 heterocycles. The van der Waals surface area contributed by atoms with E-state index in [4.69, 9.17) is 0 Å². The van der Waals surface area contributed by atoms with E-state index in [1.165, 1.54) is 0 Å². The number of carbonyl (C=O) groups excluding carboxylic acids is 2. The number of rotatable bonds is 7. The van der Waals surface area contributed by atoms with Gasteiger partial charge in [0.1, 0.15) is 11.6 Å². The van der Waals surface area contributed by atoms with Crippen LogP contribution in [0.1, 0.15) is 36.0 Å². The van der Waals surface area contributed by atoms with E-state index in [9.17, 15) is 18.4 Å². The van der Waals surface area contributed by atoms with Gasteiger partial charge in [-0.25, -0.2) is 8.78 Å². The molecule has 1 fully saturated rings. The number of hydrogen-bond acceptors (Lipinski definition) is 3. The molecule has 1 saturated heterocycles. The molecule has 1 aromatic rings. The minimum absolute atomic E-state index is 0.0787. The number of likely N-dealkylation sites (tertiary alicyclic amines) is 1. The van der Waals surface area contributed by atoms with Crippen molar-refractivity contribution < 1.29 is 18.4 Å². The zero-order valence-corrected chi connectivity index (χ0v) is 13.8. The van der Waals surface area contributed by atoms with Crippen LogP contribution in [0, 0.1) is 11.6 Å². The SMILES string of the molecule is CNCC1CCCN1C(=O)CCCNC(=O)c1ccc(F)cc1F. The highest BCUT2D eigenvalue weighted by atomic mass is 19.1. The second kappa shape index (κ2) is 8.73. The van der Waals surface area contributed by atoms with E-state index in [2.05, 4.69) is 10.6 Å². The predicted octanol–water partition coefficient (Wildman–Crippen LogP) is 1.69. The Morgan fingerprint density at radius 2 is 2.12 bits per heavy atom. The largest absolute Gasteiger partial charge is 0.352 e. The van der Waals surface area contributed by atoms with E-state index in [0.29, 0.717) is 18.9 Å². The van der Waals surface area contributed by atoms with Gasteiger partial charge in [0.2, 0.25) is 5.91 Å². The lowest BCUT2D eigenvalue weighted by Crippen LogP contribution is -2.41. The van der Waals surface area contributed by atoms with Crippen molar-refractivity contribution in [1.82, 2.24) is 15.5 Å². The summed E-state index contributed by atoms with van der Waals surface area (Å²) in [6.07, 6.45) is 2.84. The molecule has 0 bridgehead atoms. The minimum Gasteiger partial charge on any atom is -0.352 e. The fraction of sp³-hybridized carbons (Fsp3) is 0.529. The Morgan fingerprint density at radius 1 is 1.33 bits per heavy atom.